The molecule has 1 aromatic carbocycles. The van der Waals surface area contributed by atoms with E-state index in [1.165, 1.54) is 0 Å². The average molecular weight is 209 g/mol. The van der Waals surface area contributed by atoms with Crippen LogP contribution >= 0.6 is 0 Å². The van der Waals surface area contributed by atoms with Gasteiger partial charge in [-0.2, -0.15) is 0 Å². The molecule has 0 aliphatic rings. The molecule has 0 radical (unpaired) electrons. The fraction of sp³-hybridized carbons (Fsp3) is 0.500. The van der Waals surface area contributed by atoms with Crippen LogP contribution in [0, 0.1) is 5.92 Å². The Morgan fingerprint density at radius 3 is 2.40 bits per heavy atom. The van der Waals surface area contributed by atoms with Gasteiger partial charge in [0.25, 0.3) is 0 Å². The quantitative estimate of drug-likeness (QED) is 0.528. The van der Waals surface area contributed by atoms with Crippen molar-refractivity contribution >= 4 is 5.69 Å². The summed E-state index contributed by atoms with van der Waals surface area (Å²) in [5.74, 6) is 0.445. The Morgan fingerprint density at radius 2 is 1.87 bits per heavy atom. The maximum atomic E-state index is 9.43. The molecule has 1 aromatic rings. The van der Waals surface area contributed by atoms with Crippen molar-refractivity contribution < 1.29 is 10.2 Å². The van der Waals surface area contributed by atoms with Crippen molar-refractivity contribution in [2.45, 2.75) is 26.7 Å². The third kappa shape index (κ3) is 2.78. The summed E-state index contributed by atoms with van der Waals surface area (Å²) in [5.41, 5.74) is 1.92. The average Bonchev–Trinajstić information content (AvgIpc) is 2.22. The number of phenols is 2. The molecule has 1 rings (SSSR count). The van der Waals surface area contributed by atoms with Crippen LogP contribution in [-0.2, 0) is 6.42 Å². The highest BCUT2D eigenvalue weighted by Crippen LogP contribution is 2.32. The van der Waals surface area contributed by atoms with Gasteiger partial charge in [0, 0.05) is 18.8 Å². The second-order valence-electron chi connectivity index (χ2n) is 3.97. The van der Waals surface area contributed by atoms with E-state index in [9.17, 15) is 10.2 Å². The molecule has 0 aliphatic carbocycles. The number of nitrogens with one attached hydrogen (secondary N) is 1. The number of aromatic hydroxyl groups is 2. The Morgan fingerprint density at radius 1 is 1.27 bits per heavy atom. The summed E-state index contributed by atoms with van der Waals surface area (Å²) in [4.78, 5) is 0. The predicted octanol–water partition coefficient (Wildman–Crippen LogP) is 2.73. The van der Waals surface area contributed by atoms with Crippen LogP contribution < -0.4 is 5.32 Å². The summed E-state index contributed by atoms with van der Waals surface area (Å²) in [6.45, 7) is 4.31. The summed E-state index contributed by atoms with van der Waals surface area (Å²) in [6.07, 6.45) is 2.01. The lowest BCUT2D eigenvalue weighted by atomic mass is 9.97. The normalized spacial score (nSPS) is 12.5. The summed E-state index contributed by atoms with van der Waals surface area (Å²) in [6, 6.07) is 3.19. The molecule has 84 valence electrons. The van der Waals surface area contributed by atoms with Crippen molar-refractivity contribution in [1.82, 2.24) is 0 Å². The molecule has 0 bridgehead atoms. The molecule has 0 saturated carbocycles. The van der Waals surface area contributed by atoms with Crippen molar-refractivity contribution in [2.75, 3.05) is 12.4 Å². The standard InChI is InChI=1S/C12H19NO2/c1-4-8(2)5-9-6-11(14)12(15)7-10(9)13-3/h6-8,13-15H,4-5H2,1-3H3. The number of anilines is 1. The maximum Gasteiger partial charge on any atom is 0.159 e. The largest absolute Gasteiger partial charge is 0.504 e. The Kier molecular flexibility index (Phi) is 3.83. The molecule has 0 aliphatic heterocycles. The van der Waals surface area contributed by atoms with E-state index in [-0.39, 0.29) is 11.5 Å². The number of hydrogen-bond acceptors (Lipinski definition) is 3. The molecule has 1 atom stereocenters. The van der Waals surface area contributed by atoms with Gasteiger partial charge in [0.1, 0.15) is 0 Å². The number of hydrogen-bond donors (Lipinski definition) is 3. The molecule has 0 amide bonds. The molecule has 15 heavy (non-hydrogen) atoms. The van der Waals surface area contributed by atoms with Crippen LogP contribution in [0.3, 0.4) is 0 Å². The zero-order valence-electron chi connectivity index (χ0n) is 9.54. The minimum atomic E-state index is -0.0766. The second-order valence-corrected chi connectivity index (χ2v) is 3.97. The van der Waals surface area contributed by atoms with Gasteiger partial charge in [-0.25, -0.2) is 0 Å². The Balaban J connectivity index is 2.99. The van der Waals surface area contributed by atoms with Crippen LogP contribution in [0.15, 0.2) is 12.1 Å². The molecule has 3 nitrogen and oxygen atoms in total. The minimum absolute atomic E-state index is 0.0488. The third-order valence-electron chi connectivity index (χ3n) is 2.74. The zero-order valence-corrected chi connectivity index (χ0v) is 9.54. The first-order valence-electron chi connectivity index (χ1n) is 5.31. The lowest BCUT2D eigenvalue weighted by molar-refractivity contribution is 0.403. The zero-order chi connectivity index (χ0) is 11.4. The first kappa shape index (κ1) is 11.7. The van der Waals surface area contributed by atoms with Crippen molar-refractivity contribution in [3.05, 3.63) is 17.7 Å². The number of benzene rings is 1. The van der Waals surface area contributed by atoms with E-state index in [4.69, 9.17) is 0 Å². The van der Waals surface area contributed by atoms with Crippen molar-refractivity contribution in [2.24, 2.45) is 5.92 Å². The van der Waals surface area contributed by atoms with E-state index in [0.717, 1.165) is 24.1 Å². The second kappa shape index (κ2) is 4.91. The molecule has 0 aromatic heterocycles. The number of rotatable bonds is 4. The van der Waals surface area contributed by atoms with Gasteiger partial charge < -0.3 is 15.5 Å². The molecular formula is C12H19NO2. The first-order chi connectivity index (χ1) is 7.08. The molecule has 0 heterocycles. The van der Waals surface area contributed by atoms with Crippen molar-refractivity contribution in [3.63, 3.8) is 0 Å². The van der Waals surface area contributed by atoms with Crippen molar-refractivity contribution in [1.29, 1.82) is 0 Å². The van der Waals surface area contributed by atoms with Gasteiger partial charge in [-0.05, 0) is 24.0 Å². The van der Waals surface area contributed by atoms with Gasteiger partial charge in [0.15, 0.2) is 11.5 Å². The van der Waals surface area contributed by atoms with Gasteiger partial charge in [0.05, 0.1) is 0 Å². The predicted molar refractivity (Wildman–Crippen MR) is 62.5 cm³/mol. The SMILES string of the molecule is CCC(C)Cc1cc(O)c(O)cc1NC. The summed E-state index contributed by atoms with van der Waals surface area (Å²) >= 11 is 0. The molecule has 0 saturated heterocycles. The maximum absolute atomic E-state index is 9.43. The van der Waals surface area contributed by atoms with Crippen LogP contribution in [0.1, 0.15) is 25.8 Å². The Labute approximate surface area is 90.8 Å². The number of phenolic OH excluding ortho intramolecular Hbond substituents is 2. The summed E-state index contributed by atoms with van der Waals surface area (Å²) in [7, 11) is 1.81. The highest BCUT2D eigenvalue weighted by molar-refractivity contribution is 5.59. The van der Waals surface area contributed by atoms with E-state index in [1.807, 2.05) is 7.05 Å². The van der Waals surface area contributed by atoms with Crippen LogP contribution in [0.5, 0.6) is 11.5 Å². The van der Waals surface area contributed by atoms with Crippen LogP contribution in [0.2, 0.25) is 0 Å². The molecule has 0 spiro atoms. The summed E-state index contributed by atoms with van der Waals surface area (Å²) in [5, 5.41) is 21.8. The highest BCUT2D eigenvalue weighted by atomic mass is 16.3. The lowest BCUT2D eigenvalue weighted by Gasteiger charge is -2.14. The fourth-order valence-corrected chi connectivity index (χ4v) is 1.54. The van der Waals surface area contributed by atoms with Gasteiger partial charge in [-0.3, -0.25) is 0 Å². The fourth-order valence-electron chi connectivity index (χ4n) is 1.54. The topological polar surface area (TPSA) is 52.5 Å². The smallest absolute Gasteiger partial charge is 0.159 e. The van der Waals surface area contributed by atoms with Crippen molar-refractivity contribution in [3.8, 4) is 11.5 Å². The van der Waals surface area contributed by atoms with E-state index < -0.39 is 0 Å². The van der Waals surface area contributed by atoms with Crippen LogP contribution in [0.25, 0.3) is 0 Å². The minimum Gasteiger partial charge on any atom is -0.504 e. The van der Waals surface area contributed by atoms with Crippen LogP contribution in [-0.4, -0.2) is 17.3 Å². The van der Waals surface area contributed by atoms with Gasteiger partial charge in [-0.1, -0.05) is 20.3 Å². The molecule has 1 unspecified atom stereocenters. The first-order valence-corrected chi connectivity index (χ1v) is 5.31. The highest BCUT2D eigenvalue weighted by Gasteiger charge is 2.10. The van der Waals surface area contributed by atoms with E-state index in [0.29, 0.717) is 5.92 Å². The van der Waals surface area contributed by atoms with Gasteiger partial charge >= 0.3 is 0 Å². The summed E-state index contributed by atoms with van der Waals surface area (Å²) < 4.78 is 0. The lowest BCUT2D eigenvalue weighted by Crippen LogP contribution is -2.02. The van der Waals surface area contributed by atoms with E-state index in [1.54, 1.807) is 12.1 Å². The Hall–Kier alpha value is -1.38. The van der Waals surface area contributed by atoms with Gasteiger partial charge in [0.2, 0.25) is 0 Å². The van der Waals surface area contributed by atoms with E-state index >= 15 is 0 Å². The molecule has 3 heteroatoms. The van der Waals surface area contributed by atoms with E-state index in [2.05, 4.69) is 19.2 Å². The molecular weight excluding hydrogens is 190 g/mol. The Bertz CT molecular complexity index is 337. The van der Waals surface area contributed by atoms with Gasteiger partial charge in [-0.15, -0.1) is 0 Å². The van der Waals surface area contributed by atoms with Crippen LogP contribution in [0.4, 0.5) is 5.69 Å². The monoisotopic (exact) mass is 209 g/mol. The third-order valence-corrected chi connectivity index (χ3v) is 2.74. The molecule has 3 N–H and O–H groups in total. The molecule has 0 fully saturated rings.